The van der Waals surface area contributed by atoms with Crippen LogP contribution in [0.1, 0.15) is 45.7 Å². The molecule has 1 atom stereocenters. The summed E-state index contributed by atoms with van der Waals surface area (Å²) in [7, 11) is 1.77. The number of ketones is 1. The first-order valence-electron chi connectivity index (χ1n) is 13.2. The van der Waals surface area contributed by atoms with Gasteiger partial charge in [-0.05, 0) is 73.4 Å². The summed E-state index contributed by atoms with van der Waals surface area (Å²) in [6.07, 6.45) is 4.48. The molecule has 5 rings (SSSR count). The van der Waals surface area contributed by atoms with E-state index >= 15 is 0 Å². The van der Waals surface area contributed by atoms with E-state index in [1.165, 1.54) is 6.20 Å². The minimum atomic E-state index is -0.170. The number of rotatable bonds is 9. The second kappa shape index (κ2) is 12.1. The van der Waals surface area contributed by atoms with Gasteiger partial charge in [-0.25, -0.2) is 4.98 Å². The van der Waals surface area contributed by atoms with Gasteiger partial charge in [-0.15, -0.1) is 0 Å². The minimum absolute atomic E-state index is 0.0499. The molecule has 1 amide bonds. The van der Waals surface area contributed by atoms with Gasteiger partial charge in [0.2, 0.25) is 0 Å². The molecule has 0 spiro atoms. The lowest BCUT2D eigenvalue weighted by molar-refractivity contribution is 0.0786. The number of nitrogens with one attached hydrogen (secondary N) is 1. The molecule has 0 bridgehead atoms. The summed E-state index contributed by atoms with van der Waals surface area (Å²) in [4.78, 5) is 38.3. The number of Topliss-reactive ketones (excluding diaryl/α,β-unsaturated/α-hetero) is 1. The average molecular weight is 575 g/mol. The number of fused-ring (bicyclic) bond motifs is 2. The van der Waals surface area contributed by atoms with Crippen LogP contribution in [0, 0.1) is 11.3 Å². The van der Waals surface area contributed by atoms with Crippen LogP contribution < -0.4 is 4.90 Å². The number of aromatic nitrogens is 2. The van der Waals surface area contributed by atoms with Crippen molar-refractivity contribution in [2.24, 2.45) is 5.92 Å². The molecule has 1 N–H and O–H groups in total. The number of nitrogens with zero attached hydrogens (tertiary/aromatic N) is 4. The number of hydrogen-bond donors (Lipinski definition) is 1. The minimum Gasteiger partial charge on any atom is -0.340 e. The van der Waals surface area contributed by atoms with E-state index in [0.29, 0.717) is 45.6 Å². The fourth-order valence-corrected chi connectivity index (χ4v) is 5.44. The van der Waals surface area contributed by atoms with Crippen LogP contribution in [0.2, 0.25) is 10.0 Å². The van der Waals surface area contributed by atoms with E-state index in [9.17, 15) is 9.59 Å². The van der Waals surface area contributed by atoms with Gasteiger partial charge < -0.3 is 9.80 Å². The molecule has 0 radical (unpaired) electrons. The van der Waals surface area contributed by atoms with Crippen molar-refractivity contribution >= 4 is 57.4 Å². The SMILES string of the molecule is CN(CCCC[C@@H]1Cc2c(Cl)cccc2N(CC(=O)c2ccc(Cl)cc2)C1=N)C(=O)c1cnc2ccccc2n1. The summed E-state index contributed by atoms with van der Waals surface area (Å²) in [6.45, 7) is 0.609. The van der Waals surface area contributed by atoms with E-state index < -0.39 is 0 Å². The number of anilines is 1. The largest absolute Gasteiger partial charge is 0.340 e. The molecule has 3 aromatic carbocycles. The average Bonchev–Trinajstić information content (AvgIpc) is 2.97. The van der Waals surface area contributed by atoms with E-state index in [1.54, 1.807) is 41.1 Å². The number of hydrogen-bond acceptors (Lipinski definition) is 5. The third-order valence-electron chi connectivity index (χ3n) is 7.29. The third-order valence-corrected chi connectivity index (χ3v) is 7.90. The number of carbonyl (C=O) groups excluding carboxylic acids is 2. The van der Waals surface area contributed by atoms with Crippen LogP contribution in [0.5, 0.6) is 0 Å². The summed E-state index contributed by atoms with van der Waals surface area (Å²) in [6, 6.07) is 19.9. The molecule has 0 unspecified atom stereocenters. The summed E-state index contributed by atoms with van der Waals surface area (Å²) < 4.78 is 0. The zero-order chi connectivity index (χ0) is 28.2. The number of unbranched alkanes of at least 4 members (excludes halogenated alkanes) is 1. The Balaban J connectivity index is 1.21. The second-order valence-corrected chi connectivity index (χ2v) is 10.9. The first-order valence-corrected chi connectivity index (χ1v) is 14.0. The Morgan fingerprint density at radius 1 is 1.00 bits per heavy atom. The lowest BCUT2D eigenvalue weighted by Gasteiger charge is -2.37. The molecular weight excluding hydrogens is 545 g/mol. The molecule has 1 aliphatic rings. The quantitative estimate of drug-likeness (QED) is 0.177. The Bertz CT molecular complexity index is 1570. The lowest BCUT2D eigenvalue weighted by Crippen LogP contribution is -2.44. The zero-order valence-corrected chi connectivity index (χ0v) is 23.6. The summed E-state index contributed by atoms with van der Waals surface area (Å²) >= 11 is 12.6. The highest BCUT2D eigenvalue weighted by molar-refractivity contribution is 6.32. The maximum atomic E-state index is 13.1. The van der Waals surface area contributed by atoms with Crippen LogP contribution in [-0.4, -0.2) is 52.5 Å². The Morgan fingerprint density at radius 2 is 1.75 bits per heavy atom. The van der Waals surface area contributed by atoms with Gasteiger partial charge in [0.05, 0.1) is 23.8 Å². The maximum absolute atomic E-state index is 13.1. The van der Waals surface area contributed by atoms with Crippen LogP contribution in [0.15, 0.2) is 72.9 Å². The number of carbonyl (C=O) groups is 2. The van der Waals surface area contributed by atoms with Gasteiger partial charge in [0.25, 0.3) is 5.91 Å². The molecule has 1 aromatic heterocycles. The molecule has 4 aromatic rings. The Hall–Kier alpha value is -3.81. The van der Waals surface area contributed by atoms with Gasteiger partial charge in [0.15, 0.2) is 5.78 Å². The first kappa shape index (κ1) is 27.7. The molecule has 7 nitrogen and oxygen atoms in total. The second-order valence-electron chi connectivity index (χ2n) is 10.0. The van der Waals surface area contributed by atoms with E-state index in [2.05, 4.69) is 9.97 Å². The molecule has 2 heterocycles. The van der Waals surface area contributed by atoms with E-state index in [4.69, 9.17) is 28.6 Å². The monoisotopic (exact) mass is 573 g/mol. The fraction of sp³-hybridized carbons (Fsp3) is 0.258. The lowest BCUT2D eigenvalue weighted by atomic mass is 9.87. The number of benzene rings is 3. The van der Waals surface area contributed by atoms with E-state index in [1.807, 2.05) is 42.5 Å². The third kappa shape index (κ3) is 6.01. The van der Waals surface area contributed by atoms with Crippen LogP contribution in [0.3, 0.4) is 0 Å². The number of amides is 1. The Kier molecular flexibility index (Phi) is 8.43. The van der Waals surface area contributed by atoms with Crippen molar-refractivity contribution in [3.63, 3.8) is 0 Å². The smallest absolute Gasteiger partial charge is 0.273 e. The van der Waals surface area contributed by atoms with Crippen LogP contribution in [0.4, 0.5) is 5.69 Å². The summed E-state index contributed by atoms with van der Waals surface area (Å²) in [5.41, 5.74) is 4.07. The van der Waals surface area contributed by atoms with Crippen LogP contribution in [-0.2, 0) is 6.42 Å². The van der Waals surface area contributed by atoms with E-state index in [-0.39, 0.29) is 24.2 Å². The number of halogens is 2. The fourth-order valence-electron chi connectivity index (χ4n) is 5.07. The highest BCUT2D eigenvalue weighted by Crippen LogP contribution is 2.37. The van der Waals surface area contributed by atoms with E-state index in [0.717, 1.165) is 36.0 Å². The normalized spacial score (nSPS) is 14.7. The molecule has 40 heavy (non-hydrogen) atoms. The van der Waals surface area contributed by atoms with Gasteiger partial charge in [0.1, 0.15) is 11.5 Å². The summed E-state index contributed by atoms with van der Waals surface area (Å²) in [5.74, 6) is 0.0620. The van der Waals surface area contributed by atoms with Crippen molar-refractivity contribution in [2.75, 3.05) is 25.0 Å². The van der Waals surface area contributed by atoms with Crippen molar-refractivity contribution in [1.29, 1.82) is 5.41 Å². The van der Waals surface area contributed by atoms with Crippen LogP contribution >= 0.6 is 23.2 Å². The Morgan fingerprint density at radius 3 is 2.52 bits per heavy atom. The molecule has 0 saturated heterocycles. The molecule has 1 aliphatic heterocycles. The topological polar surface area (TPSA) is 90.2 Å². The highest BCUT2D eigenvalue weighted by atomic mass is 35.5. The standard InChI is InChI=1S/C31H29Cl2N5O2/c1-37(31(40)27-18-35-25-9-2-3-10-26(25)36-27)16-5-4-7-21-17-23-24(33)8-6-11-28(23)38(30(21)34)19-29(39)20-12-14-22(32)15-13-20/h2-3,6,8-15,18,21,34H,4-5,7,16-17,19H2,1H3/t21-/m1/s1. The van der Waals surface area contributed by atoms with Gasteiger partial charge >= 0.3 is 0 Å². The molecule has 0 saturated carbocycles. The van der Waals surface area contributed by atoms with Crippen molar-refractivity contribution in [3.05, 3.63) is 99.8 Å². The molecule has 204 valence electrons. The van der Waals surface area contributed by atoms with Crippen molar-refractivity contribution < 1.29 is 9.59 Å². The van der Waals surface area contributed by atoms with Gasteiger partial charge in [0, 0.05) is 40.8 Å². The Labute approximate surface area is 243 Å². The summed E-state index contributed by atoms with van der Waals surface area (Å²) in [5, 5.41) is 10.2. The van der Waals surface area contributed by atoms with Gasteiger partial charge in [-0.2, -0.15) is 0 Å². The predicted molar refractivity (Wildman–Crippen MR) is 160 cm³/mol. The van der Waals surface area contributed by atoms with Gasteiger partial charge in [-0.3, -0.25) is 20.0 Å². The molecule has 9 heteroatoms. The molecule has 0 fully saturated rings. The number of amidine groups is 1. The van der Waals surface area contributed by atoms with Crippen molar-refractivity contribution in [2.45, 2.75) is 25.7 Å². The number of para-hydroxylation sites is 2. The maximum Gasteiger partial charge on any atom is 0.273 e. The molecule has 0 aliphatic carbocycles. The van der Waals surface area contributed by atoms with Gasteiger partial charge in [-0.1, -0.05) is 47.8 Å². The van der Waals surface area contributed by atoms with Crippen molar-refractivity contribution in [1.82, 2.24) is 14.9 Å². The zero-order valence-electron chi connectivity index (χ0n) is 22.1. The predicted octanol–water partition coefficient (Wildman–Crippen LogP) is 6.72. The van der Waals surface area contributed by atoms with Crippen molar-refractivity contribution in [3.8, 4) is 0 Å². The highest BCUT2D eigenvalue weighted by Gasteiger charge is 2.32. The van der Waals surface area contributed by atoms with Crippen LogP contribution in [0.25, 0.3) is 11.0 Å². The first-order chi connectivity index (χ1) is 19.3. The molecular formula is C31H29Cl2N5O2.